The number of hydrogen-bond acceptors (Lipinski definition) is 21. The summed E-state index contributed by atoms with van der Waals surface area (Å²) in [4.78, 5) is 118. The van der Waals surface area contributed by atoms with Crippen LogP contribution >= 0.6 is 116 Å². The third-order valence-electron chi connectivity index (χ3n) is 24.0. The lowest BCUT2D eigenvalue weighted by Gasteiger charge is -2.41. The molecule has 138 heavy (non-hydrogen) atoms. The molecule has 0 spiro atoms. The Hall–Kier alpha value is -12.4. The number of rotatable bonds is 15. The van der Waals surface area contributed by atoms with Crippen molar-refractivity contribution in [1.29, 1.82) is 15.8 Å². The number of amides is 3. The van der Waals surface area contributed by atoms with Gasteiger partial charge in [0.05, 0.1) is 105 Å². The van der Waals surface area contributed by atoms with E-state index in [9.17, 15) is 68.7 Å². The topological polar surface area (TPSA) is 346 Å². The largest absolute Gasteiger partial charge is 0.506 e. The van der Waals surface area contributed by atoms with E-state index in [-0.39, 0.29) is 194 Å². The van der Waals surface area contributed by atoms with Crippen LogP contribution in [0.2, 0.25) is 50.2 Å². The van der Waals surface area contributed by atoms with Crippen LogP contribution in [0.3, 0.4) is 0 Å². The van der Waals surface area contributed by atoms with Crippen molar-refractivity contribution in [1.82, 2.24) is 58.3 Å². The van der Waals surface area contributed by atoms with E-state index >= 15 is 13.2 Å². The third-order valence-corrected chi connectivity index (χ3v) is 27.7. The zero-order valence-corrected chi connectivity index (χ0v) is 82.9. The highest BCUT2D eigenvalue weighted by atomic mass is 35.5. The van der Waals surface area contributed by atoms with Crippen molar-refractivity contribution in [3.63, 3.8) is 0 Å². The van der Waals surface area contributed by atoms with E-state index in [1.807, 2.05) is 67.2 Å². The molecule has 3 aromatic carbocycles. The van der Waals surface area contributed by atoms with Crippen molar-refractivity contribution in [2.24, 2.45) is 0 Å². The number of pyridine rings is 9. The summed E-state index contributed by atoms with van der Waals surface area (Å²) in [6, 6.07) is 14.6. The van der Waals surface area contributed by atoms with Crippen LogP contribution in [0.4, 0.5) is 39.0 Å². The number of phenols is 3. The van der Waals surface area contributed by atoms with Gasteiger partial charge in [-0.1, -0.05) is 177 Å². The highest BCUT2D eigenvalue weighted by molar-refractivity contribution is 6.47. The molecule has 12 aromatic rings. The Kier molecular flexibility index (Phi) is 30.6. The zero-order valence-electron chi connectivity index (χ0n) is 75.4. The fourth-order valence-electron chi connectivity index (χ4n) is 17.4. The molecule has 714 valence electrons. The Bertz CT molecular complexity index is 6790. The highest BCUT2D eigenvalue weighted by Crippen LogP contribution is 2.53. The van der Waals surface area contributed by atoms with Crippen LogP contribution in [-0.2, 0) is 14.4 Å². The number of benzene rings is 3. The number of aromatic nitrogens is 9. The minimum Gasteiger partial charge on any atom is -0.506 e. The summed E-state index contributed by atoms with van der Waals surface area (Å²) in [5.41, 5.74) is -0.513. The van der Waals surface area contributed by atoms with Gasteiger partial charge in [0.2, 0.25) is 17.7 Å². The normalized spacial score (nSPS) is 15.0. The lowest BCUT2D eigenvalue weighted by atomic mass is 10.0. The number of nitrogens with zero attached hydrogens (tertiary/aromatic N) is 18. The standard InChI is InChI=1S/C32H27Cl4FN6O3.2C32H27Cl3F2N6O3/c1-6-20(44)42-10-9-41(13-16(42)5)29-17-11-19(33)27(21-22(34)25(37)23(35)24(36)30(21)45)40-31(17)43(32(46)18(29)12-38)28-15(4)7-8-39-26(28)14(2)3;2*1-6-20(44)42-10-9-41(13-16(42)5)29-17-11-19(33)27(21-24(36)25(37)22(34)23(35)30(21)45)40-31(17)43(32(46)18(29)12-38)28-15(4)7-8-39-26(28)14(2)3/h3*6-8,11,14,16,45H,1,9-10,13H2,2-5H3/t3*16-/m111/s1. The summed E-state index contributed by atoms with van der Waals surface area (Å²) in [6.45, 7) is 35.2. The predicted octanol–water partition coefficient (Wildman–Crippen LogP) is 21.3. The van der Waals surface area contributed by atoms with E-state index in [0.29, 0.717) is 62.8 Å². The number of halogens is 15. The minimum absolute atomic E-state index is 0.0376. The van der Waals surface area contributed by atoms with Gasteiger partial charge < -0.3 is 44.7 Å². The highest BCUT2D eigenvalue weighted by Gasteiger charge is 2.40. The molecular weight excluding hydrogens is 2000 g/mol. The van der Waals surface area contributed by atoms with Gasteiger partial charge in [-0.3, -0.25) is 57.4 Å². The van der Waals surface area contributed by atoms with Crippen LogP contribution in [0, 0.1) is 83.9 Å². The fourth-order valence-corrected chi connectivity index (χ4v) is 19.5. The van der Waals surface area contributed by atoms with Gasteiger partial charge in [-0.05, 0) is 131 Å². The molecule has 0 unspecified atom stereocenters. The lowest BCUT2D eigenvalue weighted by molar-refractivity contribution is -0.129. The Morgan fingerprint density at radius 1 is 0.399 bits per heavy atom. The van der Waals surface area contributed by atoms with E-state index in [2.05, 4.69) is 62.9 Å². The summed E-state index contributed by atoms with van der Waals surface area (Å²) >= 11 is 62.2. The van der Waals surface area contributed by atoms with Gasteiger partial charge in [-0.25, -0.2) is 36.9 Å². The van der Waals surface area contributed by atoms with E-state index in [4.69, 9.17) is 121 Å². The summed E-state index contributed by atoms with van der Waals surface area (Å²) in [5, 5.41) is 59.5. The molecule has 3 aliphatic rings. The Balaban J connectivity index is 0.000000175. The van der Waals surface area contributed by atoms with Gasteiger partial charge in [0.1, 0.15) is 99.2 Å². The van der Waals surface area contributed by atoms with Gasteiger partial charge >= 0.3 is 0 Å². The Morgan fingerprint density at radius 3 is 0.899 bits per heavy atom. The number of aromatic hydroxyl groups is 3. The van der Waals surface area contributed by atoms with Crippen LogP contribution in [0.1, 0.15) is 131 Å². The molecule has 3 N–H and O–H groups in total. The van der Waals surface area contributed by atoms with Crippen molar-refractivity contribution in [3.8, 4) is 86.3 Å². The van der Waals surface area contributed by atoms with Crippen LogP contribution < -0.4 is 31.4 Å². The SMILES string of the molecule is C=CC(=O)N1CCN(c2c(C#N)c(=O)n(-c3c(C)ccnc3C(C)C)c3nc(-c4c(O)c(Cl)c(Cl)c(F)c4Cl)c(Cl)cc23)C[C@H]1C.C=CC(=O)N1CCN(c2c(C#N)c(=O)n(-c3c(C)ccnc3C(C)C)c3nc(-c4c(O)c(Cl)c(Cl)c(F)c4F)c(Cl)cc23)C[C@H]1C.C=CC(=O)N1CCN(c2c(C#N)c(=O)n(-c3c(C)ccnc3C(C)C)c3nc(-c4c(O)c(Cl)c(Cl)c(F)c4F)c(Cl)cc23)C[C@H]1C. The maximum atomic E-state index is 15.4. The zero-order chi connectivity index (χ0) is 101. The molecule has 0 bridgehead atoms. The number of piperazine rings is 3. The second kappa shape index (κ2) is 41.0. The second-order valence-corrected chi connectivity index (χ2v) is 37.4. The third kappa shape index (κ3) is 18.1. The number of carbonyl (C=O) groups is 3. The smallest absolute Gasteiger partial charge is 0.276 e. The van der Waals surface area contributed by atoms with Gasteiger partial charge in [-0.15, -0.1) is 0 Å². The van der Waals surface area contributed by atoms with E-state index < -0.39 is 121 Å². The number of carbonyl (C=O) groups excluding carboxylic acids is 3. The lowest BCUT2D eigenvalue weighted by Crippen LogP contribution is -2.54. The van der Waals surface area contributed by atoms with Gasteiger partial charge in [0.15, 0.2) is 29.1 Å². The van der Waals surface area contributed by atoms with E-state index in [1.54, 1.807) is 82.1 Å². The summed E-state index contributed by atoms with van der Waals surface area (Å²) in [7, 11) is 0. The molecule has 3 amide bonds. The number of nitriles is 3. The Labute approximate surface area is 836 Å². The molecule has 42 heteroatoms. The molecule has 3 fully saturated rings. The molecule has 3 aliphatic heterocycles. The van der Waals surface area contributed by atoms with Gasteiger partial charge in [0.25, 0.3) is 16.7 Å². The second-order valence-electron chi connectivity index (χ2n) is 33.6. The van der Waals surface area contributed by atoms with Gasteiger partial charge in [0, 0.05) is 112 Å². The first kappa shape index (κ1) is 103. The molecular formula is C96H81Cl10F5N18O9. The van der Waals surface area contributed by atoms with E-state index in [0.717, 1.165) is 0 Å². The van der Waals surface area contributed by atoms with Gasteiger partial charge in [-0.2, -0.15) is 15.8 Å². The average molecular weight is 2080 g/mol. The van der Waals surface area contributed by atoms with Crippen molar-refractivity contribution < 1.29 is 51.7 Å². The molecule has 0 radical (unpaired) electrons. The number of hydrogen-bond donors (Lipinski definition) is 3. The van der Waals surface area contributed by atoms with Crippen LogP contribution in [0.25, 0.3) is 83.9 Å². The predicted molar refractivity (Wildman–Crippen MR) is 528 cm³/mol. The van der Waals surface area contributed by atoms with Crippen molar-refractivity contribution in [2.75, 3.05) is 73.6 Å². The molecule has 0 saturated carbocycles. The minimum atomic E-state index is -1.55. The quantitative estimate of drug-likeness (QED) is 0.0371. The first-order chi connectivity index (χ1) is 65.2. The summed E-state index contributed by atoms with van der Waals surface area (Å²) in [5.74, 6) is -11.0. The number of fused-ring (bicyclic) bond motifs is 3. The monoisotopic (exact) mass is 2070 g/mol. The van der Waals surface area contributed by atoms with Crippen LogP contribution in [0.15, 0.2) is 107 Å². The molecule has 27 nitrogen and oxygen atoms in total. The molecule has 3 atom stereocenters. The summed E-state index contributed by atoms with van der Waals surface area (Å²) in [6.07, 6.45) is 8.49. The number of aryl methyl sites for hydroxylation is 3. The average Bonchev–Trinajstić information content (AvgIpc) is 0.726. The molecule has 9 aromatic heterocycles. The van der Waals surface area contributed by atoms with Crippen LogP contribution in [0.5, 0.6) is 17.2 Å². The van der Waals surface area contributed by atoms with E-state index in [1.165, 1.54) is 50.1 Å². The first-order valence-corrected chi connectivity index (χ1v) is 46.2. The maximum absolute atomic E-state index is 15.4. The van der Waals surface area contributed by atoms with Crippen molar-refractivity contribution >= 4 is 184 Å². The first-order valence-electron chi connectivity index (χ1n) is 42.4. The van der Waals surface area contributed by atoms with Crippen molar-refractivity contribution in [3.05, 3.63) is 254 Å². The Morgan fingerprint density at radius 2 is 0.652 bits per heavy atom. The molecule has 3 saturated heterocycles. The molecule has 15 rings (SSSR count). The summed E-state index contributed by atoms with van der Waals surface area (Å²) < 4.78 is 79.2. The maximum Gasteiger partial charge on any atom is 0.276 e. The number of anilines is 3. The number of phenolic OH excluding ortho intramolecular Hbond substituents is 3. The van der Waals surface area contributed by atoms with Crippen molar-refractivity contribution in [2.45, 2.75) is 119 Å². The van der Waals surface area contributed by atoms with Crippen LogP contribution in [-0.4, -0.2) is 168 Å². The molecule has 12 heterocycles. The molecule has 0 aliphatic carbocycles. The fraction of sp³-hybridized carbons (Fsp3) is 0.281.